The number of likely N-dealkylation sites (tertiary alicyclic amines) is 2. The van der Waals surface area contributed by atoms with Crippen LogP contribution < -0.4 is 5.32 Å². The number of alkyl halides is 3. The second-order valence-corrected chi connectivity index (χ2v) is 9.76. The molecular weight excluding hydrogens is 447 g/mol. The number of carbonyl (C=O) groups is 3. The molecule has 2 fully saturated rings. The smallest absolute Gasteiger partial charge is 0.342 e. The quantitative estimate of drug-likeness (QED) is 0.716. The van der Waals surface area contributed by atoms with Gasteiger partial charge in [-0.1, -0.05) is 11.6 Å². The molecule has 2 saturated heterocycles. The minimum atomic E-state index is -4.54. The van der Waals surface area contributed by atoms with Gasteiger partial charge in [-0.15, -0.1) is 0 Å². The zero-order valence-corrected chi connectivity index (χ0v) is 19.0. The van der Waals surface area contributed by atoms with Crippen molar-refractivity contribution in [2.45, 2.75) is 51.7 Å². The Morgan fingerprint density at radius 2 is 1.72 bits per heavy atom. The molecule has 0 radical (unpaired) electrons. The maximum Gasteiger partial charge on any atom is 0.416 e. The van der Waals surface area contributed by atoms with Gasteiger partial charge in [0, 0.05) is 37.5 Å². The Morgan fingerprint density at radius 3 is 2.25 bits per heavy atom. The van der Waals surface area contributed by atoms with E-state index in [4.69, 9.17) is 11.6 Å². The first kappa shape index (κ1) is 24.4. The number of carbonyl (C=O) groups excluding carboxylic acids is 3. The largest absolute Gasteiger partial charge is 0.416 e. The van der Waals surface area contributed by atoms with Crippen LogP contribution in [0.3, 0.4) is 0 Å². The molecule has 3 rings (SSSR count). The molecule has 2 heterocycles. The Kier molecular flexibility index (Phi) is 6.79. The average molecular weight is 474 g/mol. The number of nitrogens with one attached hydrogen (secondary N) is 1. The van der Waals surface area contributed by atoms with Crippen LogP contribution in [-0.4, -0.2) is 52.7 Å². The van der Waals surface area contributed by atoms with Crippen molar-refractivity contribution in [3.05, 3.63) is 28.8 Å². The number of nitrogens with zero attached hydrogens (tertiary/aromatic N) is 2. The van der Waals surface area contributed by atoms with Crippen LogP contribution in [0.15, 0.2) is 18.2 Å². The minimum absolute atomic E-state index is 0.0215. The number of hydrogen-bond donors (Lipinski definition) is 1. The molecule has 0 spiro atoms. The Morgan fingerprint density at radius 1 is 1.09 bits per heavy atom. The molecule has 176 valence electrons. The molecule has 1 unspecified atom stereocenters. The zero-order chi connectivity index (χ0) is 23.8. The molecule has 1 atom stereocenters. The van der Waals surface area contributed by atoms with Crippen molar-refractivity contribution < 1.29 is 27.6 Å². The average Bonchev–Trinajstić information content (AvgIpc) is 3.10. The van der Waals surface area contributed by atoms with Crippen molar-refractivity contribution in [1.29, 1.82) is 0 Å². The lowest BCUT2D eigenvalue weighted by Crippen LogP contribution is -2.46. The molecule has 0 bridgehead atoms. The van der Waals surface area contributed by atoms with Gasteiger partial charge in [0.2, 0.25) is 17.7 Å². The first-order valence-electron chi connectivity index (χ1n) is 10.5. The molecule has 2 aliphatic rings. The van der Waals surface area contributed by atoms with E-state index in [0.717, 1.165) is 18.2 Å². The highest BCUT2D eigenvalue weighted by Gasteiger charge is 2.41. The molecule has 6 nitrogen and oxygen atoms in total. The molecule has 2 aliphatic heterocycles. The van der Waals surface area contributed by atoms with E-state index >= 15 is 0 Å². The first-order chi connectivity index (χ1) is 14.8. The molecule has 1 aromatic carbocycles. The van der Waals surface area contributed by atoms with E-state index in [1.54, 1.807) is 9.80 Å². The van der Waals surface area contributed by atoms with Crippen LogP contribution in [0.2, 0.25) is 5.02 Å². The van der Waals surface area contributed by atoms with Crippen molar-refractivity contribution in [3.63, 3.8) is 0 Å². The van der Waals surface area contributed by atoms with Gasteiger partial charge in [-0.05, 0) is 51.8 Å². The van der Waals surface area contributed by atoms with Gasteiger partial charge in [0.25, 0.3) is 0 Å². The van der Waals surface area contributed by atoms with Gasteiger partial charge < -0.3 is 15.1 Å². The molecule has 10 heteroatoms. The summed E-state index contributed by atoms with van der Waals surface area (Å²) >= 11 is 5.96. The number of rotatable bonds is 3. The summed E-state index contributed by atoms with van der Waals surface area (Å²) in [6, 6.07) is 2.78. The van der Waals surface area contributed by atoms with Crippen LogP contribution in [0.4, 0.5) is 18.9 Å². The predicted octanol–water partition coefficient (Wildman–Crippen LogP) is 4.18. The van der Waals surface area contributed by atoms with Crippen molar-refractivity contribution in [2.75, 3.05) is 25.0 Å². The second-order valence-electron chi connectivity index (χ2n) is 9.36. The lowest BCUT2D eigenvalue weighted by molar-refractivity contribution is -0.138. The first-order valence-corrected chi connectivity index (χ1v) is 10.9. The third kappa shape index (κ3) is 5.36. The van der Waals surface area contributed by atoms with Crippen LogP contribution in [0.5, 0.6) is 0 Å². The van der Waals surface area contributed by atoms with E-state index in [-0.39, 0.29) is 34.5 Å². The molecule has 3 amide bonds. The predicted molar refractivity (Wildman–Crippen MR) is 114 cm³/mol. The van der Waals surface area contributed by atoms with Crippen LogP contribution in [0.1, 0.15) is 45.6 Å². The standard InChI is InChI=1S/C22H27ClF3N3O3/c1-21(2,3)29-12-14(10-18(29)30)20(32)28-8-6-13(7-9-28)19(31)27-17-11-15(22(24,25)26)4-5-16(17)23/h4-5,11,13-14H,6-10,12H2,1-3H3,(H,27,31). The lowest BCUT2D eigenvalue weighted by Gasteiger charge is -2.34. The molecule has 0 saturated carbocycles. The van der Waals surface area contributed by atoms with Gasteiger partial charge in [-0.3, -0.25) is 14.4 Å². The van der Waals surface area contributed by atoms with E-state index in [1.165, 1.54) is 0 Å². The molecule has 0 aliphatic carbocycles. The fourth-order valence-corrected chi connectivity index (χ4v) is 4.34. The normalized spacial score (nSPS) is 20.6. The minimum Gasteiger partial charge on any atom is -0.342 e. The van der Waals surface area contributed by atoms with Gasteiger partial charge in [0.15, 0.2) is 0 Å². The topological polar surface area (TPSA) is 69.7 Å². The number of halogens is 4. The van der Waals surface area contributed by atoms with E-state index in [1.807, 2.05) is 20.8 Å². The monoisotopic (exact) mass is 473 g/mol. The zero-order valence-electron chi connectivity index (χ0n) is 18.3. The summed E-state index contributed by atoms with van der Waals surface area (Å²) in [5.74, 6) is -1.39. The van der Waals surface area contributed by atoms with Crippen LogP contribution in [0.25, 0.3) is 0 Å². The van der Waals surface area contributed by atoms with Crippen molar-refractivity contribution in [2.24, 2.45) is 11.8 Å². The van der Waals surface area contributed by atoms with E-state index in [0.29, 0.717) is 32.5 Å². The summed E-state index contributed by atoms with van der Waals surface area (Å²) in [5, 5.41) is 2.52. The van der Waals surface area contributed by atoms with Gasteiger partial charge in [-0.2, -0.15) is 13.2 Å². The Bertz CT molecular complexity index is 906. The Labute approximate surface area is 190 Å². The summed E-state index contributed by atoms with van der Waals surface area (Å²) < 4.78 is 38.8. The third-order valence-corrected chi connectivity index (χ3v) is 6.34. The number of amides is 3. The van der Waals surface area contributed by atoms with Gasteiger partial charge in [0.1, 0.15) is 0 Å². The van der Waals surface area contributed by atoms with Crippen LogP contribution >= 0.6 is 11.6 Å². The second kappa shape index (κ2) is 8.92. The van der Waals surface area contributed by atoms with Crippen molar-refractivity contribution in [3.8, 4) is 0 Å². The summed E-state index contributed by atoms with van der Waals surface area (Å²) in [7, 11) is 0. The summed E-state index contributed by atoms with van der Waals surface area (Å²) in [6.07, 6.45) is -3.58. The third-order valence-electron chi connectivity index (χ3n) is 6.01. The fraction of sp³-hybridized carbons (Fsp3) is 0.591. The van der Waals surface area contributed by atoms with Crippen molar-refractivity contribution in [1.82, 2.24) is 9.80 Å². The number of hydrogen-bond acceptors (Lipinski definition) is 3. The highest BCUT2D eigenvalue weighted by molar-refractivity contribution is 6.33. The van der Waals surface area contributed by atoms with Gasteiger partial charge in [-0.25, -0.2) is 0 Å². The van der Waals surface area contributed by atoms with E-state index < -0.39 is 29.5 Å². The molecule has 0 aromatic heterocycles. The van der Waals surface area contributed by atoms with E-state index in [9.17, 15) is 27.6 Å². The number of anilines is 1. The Balaban J connectivity index is 1.56. The molecular formula is C22H27ClF3N3O3. The number of piperidine rings is 1. The summed E-state index contributed by atoms with van der Waals surface area (Å²) in [4.78, 5) is 41.1. The summed E-state index contributed by atoms with van der Waals surface area (Å²) in [5.41, 5.74) is -1.33. The lowest BCUT2D eigenvalue weighted by atomic mass is 9.94. The summed E-state index contributed by atoms with van der Waals surface area (Å²) in [6.45, 7) is 6.88. The van der Waals surface area contributed by atoms with Crippen LogP contribution in [0, 0.1) is 11.8 Å². The Hall–Kier alpha value is -2.29. The highest BCUT2D eigenvalue weighted by atomic mass is 35.5. The van der Waals surface area contributed by atoms with Crippen molar-refractivity contribution >= 4 is 35.0 Å². The number of benzene rings is 1. The molecule has 32 heavy (non-hydrogen) atoms. The maximum atomic E-state index is 12.9. The maximum absolute atomic E-state index is 12.9. The van der Waals surface area contributed by atoms with Crippen LogP contribution in [-0.2, 0) is 20.6 Å². The highest BCUT2D eigenvalue weighted by Crippen LogP contribution is 2.34. The molecule has 1 N–H and O–H groups in total. The van der Waals surface area contributed by atoms with E-state index in [2.05, 4.69) is 5.32 Å². The fourth-order valence-electron chi connectivity index (χ4n) is 4.17. The van der Waals surface area contributed by atoms with Gasteiger partial charge in [0.05, 0.1) is 22.2 Å². The SMILES string of the molecule is CC(C)(C)N1CC(C(=O)N2CCC(C(=O)Nc3cc(C(F)(F)F)ccc3Cl)CC2)CC1=O. The van der Waals surface area contributed by atoms with Gasteiger partial charge >= 0.3 is 6.18 Å². The molecule has 1 aromatic rings.